The van der Waals surface area contributed by atoms with Crippen LogP contribution in [0.15, 0.2) is 0 Å². The minimum absolute atomic E-state index is 0.822. The van der Waals surface area contributed by atoms with Crippen molar-refractivity contribution in [2.75, 3.05) is 13.1 Å². The van der Waals surface area contributed by atoms with Gasteiger partial charge in [0.15, 0.2) is 0 Å². The molecule has 0 aromatic heterocycles. The van der Waals surface area contributed by atoms with E-state index < -0.39 is 0 Å². The zero-order valence-corrected chi connectivity index (χ0v) is 6.61. The summed E-state index contributed by atoms with van der Waals surface area (Å²) in [6, 6.07) is 0. The van der Waals surface area contributed by atoms with Crippen LogP contribution in [0, 0.1) is 12.8 Å². The highest BCUT2D eigenvalue weighted by Gasteiger charge is 1.90. The monoisotopic (exact) mass is 128 g/mol. The first kappa shape index (κ1) is 8.96. The molecule has 1 N–H and O–H groups in total. The van der Waals surface area contributed by atoms with Gasteiger partial charge in [0.1, 0.15) is 0 Å². The van der Waals surface area contributed by atoms with Gasteiger partial charge in [-0.25, -0.2) is 0 Å². The lowest BCUT2D eigenvalue weighted by Crippen LogP contribution is -2.17. The minimum atomic E-state index is 0.822. The molecule has 0 saturated carbocycles. The van der Waals surface area contributed by atoms with Gasteiger partial charge in [-0.05, 0) is 31.8 Å². The normalized spacial score (nSPS) is 10.7. The van der Waals surface area contributed by atoms with Crippen molar-refractivity contribution in [1.29, 1.82) is 0 Å². The fraction of sp³-hybridized carbons (Fsp3) is 0.875. The van der Waals surface area contributed by atoms with Crippen molar-refractivity contribution in [3.05, 3.63) is 6.92 Å². The van der Waals surface area contributed by atoms with Crippen molar-refractivity contribution in [2.24, 2.45) is 5.92 Å². The van der Waals surface area contributed by atoms with Crippen molar-refractivity contribution >= 4 is 0 Å². The summed E-state index contributed by atoms with van der Waals surface area (Å²) in [5.41, 5.74) is 0. The number of hydrogen-bond acceptors (Lipinski definition) is 1. The molecular formula is C8H18N. The van der Waals surface area contributed by atoms with Crippen LogP contribution >= 0.6 is 0 Å². The molecular weight excluding hydrogens is 110 g/mol. The molecule has 0 rings (SSSR count). The average molecular weight is 128 g/mol. The van der Waals surface area contributed by atoms with E-state index in [0.717, 1.165) is 25.4 Å². The van der Waals surface area contributed by atoms with Crippen molar-refractivity contribution in [3.8, 4) is 0 Å². The summed E-state index contributed by atoms with van der Waals surface area (Å²) >= 11 is 0. The molecule has 1 nitrogen and oxygen atoms in total. The molecule has 0 aromatic rings. The Morgan fingerprint density at radius 1 is 1.33 bits per heavy atom. The second-order valence-electron chi connectivity index (χ2n) is 2.79. The number of nitrogens with one attached hydrogen (secondary N) is 1. The third kappa shape index (κ3) is 7.96. The van der Waals surface area contributed by atoms with Crippen LogP contribution in [0.25, 0.3) is 0 Å². The maximum Gasteiger partial charge on any atom is -0.00465 e. The summed E-state index contributed by atoms with van der Waals surface area (Å²) in [5.74, 6) is 0.822. The fourth-order valence-corrected chi connectivity index (χ4v) is 0.641. The van der Waals surface area contributed by atoms with E-state index in [1.807, 2.05) is 0 Å². The Hall–Kier alpha value is -0.0400. The molecule has 0 amide bonds. The van der Waals surface area contributed by atoms with Gasteiger partial charge in [-0.15, -0.1) is 0 Å². The van der Waals surface area contributed by atoms with Crippen LogP contribution in [0.3, 0.4) is 0 Å². The third-order valence-corrected chi connectivity index (χ3v) is 1.25. The highest BCUT2D eigenvalue weighted by molar-refractivity contribution is 4.51. The van der Waals surface area contributed by atoms with Gasteiger partial charge in [-0.3, -0.25) is 0 Å². The van der Waals surface area contributed by atoms with E-state index in [1.54, 1.807) is 0 Å². The van der Waals surface area contributed by atoms with Crippen LogP contribution in [0.5, 0.6) is 0 Å². The molecule has 0 unspecified atom stereocenters. The van der Waals surface area contributed by atoms with E-state index in [4.69, 9.17) is 0 Å². The predicted molar refractivity (Wildman–Crippen MR) is 42.3 cm³/mol. The highest BCUT2D eigenvalue weighted by Crippen LogP contribution is 1.95. The minimum Gasteiger partial charge on any atom is -0.317 e. The Balaban J connectivity index is 2.75. The quantitative estimate of drug-likeness (QED) is 0.557. The van der Waals surface area contributed by atoms with Gasteiger partial charge in [0, 0.05) is 0 Å². The van der Waals surface area contributed by atoms with Gasteiger partial charge in [0.05, 0.1) is 0 Å². The van der Waals surface area contributed by atoms with Crippen molar-refractivity contribution in [3.63, 3.8) is 0 Å². The molecule has 1 radical (unpaired) electrons. The molecule has 0 aliphatic carbocycles. The van der Waals surface area contributed by atoms with Gasteiger partial charge in [0.25, 0.3) is 0 Å². The molecule has 0 atom stereocenters. The van der Waals surface area contributed by atoms with Gasteiger partial charge in [0.2, 0.25) is 0 Å². The number of hydrogen-bond donors (Lipinski definition) is 1. The second kappa shape index (κ2) is 6.09. The maximum absolute atomic E-state index is 3.74. The van der Waals surface area contributed by atoms with Crippen LogP contribution in [0.4, 0.5) is 0 Å². The molecule has 1 heteroatoms. The lowest BCUT2D eigenvalue weighted by Gasteiger charge is -2.04. The van der Waals surface area contributed by atoms with Crippen molar-refractivity contribution in [1.82, 2.24) is 5.32 Å². The SMILES string of the molecule is [CH2]CCNCCC(C)C. The Morgan fingerprint density at radius 3 is 2.44 bits per heavy atom. The van der Waals surface area contributed by atoms with E-state index in [0.29, 0.717) is 0 Å². The first-order valence-electron chi connectivity index (χ1n) is 3.77. The van der Waals surface area contributed by atoms with E-state index in [9.17, 15) is 0 Å². The van der Waals surface area contributed by atoms with Crippen molar-refractivity contribution < 1.29 is 0 Å². The standard InChI is InChI=1S/C8H18N/c1-4-6-9-7-5-8(2)3/h8-9H,1,4-7H2,2-3H3. The average Bonchev–Trinajstić information content (AvgIpc) is 1.80. The molecule has 0 bridgehead atoms. The van der Waals surface area contributed by atoms with Crippen LogP contribution < -0.4 is 5.32 Å². The molecule has 0 heterocycles. The Bertz CT molecular complexity index is 50.5. The number of rotatable bonds is 5. The van der Waals surface area contributed by atoms with Crippen LogP contribution in [0.2, 0.25) is 0 Å². The Labute approximate surface area is 58.8 Å². The van der Waals surface area contributed by atoms with Gasteiger partial charge >= 0.3 is 0 Å². The van der Waals surface area contributed by atoms with E-state index >= 15 is 0 Å². The van der Waals surface area contributed by atoms with Gasteiger partial charge in [-0.1, -0.05) is 20.8 Å². The Morgan fingerprint density at radius 2 is 2.00 bits per heavy atom. The van der Waals surface area contributed by atoms with E-state index in [-0.39, 0.29) is 0 Å². The molecule has 0 fully saturated rings. The van der Waals surface area contributed by atoms with Crippen LogP contribution in [0.1, 0.15) is 26.7 Å². The lowest BCUT2D eigenvalue weighted by molar-refractivity contribution is 0.540. The summed E-state index contributed by atoms with van der Waals surface area (Å²) in [7, 11) is 0. The molecule has 0 aliphatic heterocycles. The topological polar surface area (TPSA) is 12.0 Å². The maximum atomic E-state index is 3.74. The molecule has 0 aliphatic rings. The third-order valence-electron chi connectivity index (χ3n) is 1.25. The van der Waals surface area contributed by atoms with Gasteiger partial charge in [-0.2, -0.15) is 0 Å². The van der Waals surface area contributed by atoms with E-state index in [2.05, 4.69) is 26.1 Å². The molecule has 0 spiro atoms. The van der Waals surface area contributed by atoms with Crippen LogP contribution in [-0.2, 0) is 0 Å². The van der Waals surface area contributed by atoms with Gasteiger partial charge < -0.3 is 5.32 Å². The summed E-state index contributed by atoms with van der Waals surface area (Å²) in [6.07, 6.45) is 2.28. The molecule has 0 saturated heterocycles. The largest absolute Gasteiger partial charge is 0.317 e. The molecule has 55 valence electrons. The summed E-state index contributed by atoms with van der Waals surface area (Å²) in [5, 5.41) is 3.30. The zero-order valence-electron chi connectivity index (χ0n) is 6.61. The first-order valence-corrected chi connectivity index (χ1v) is 3.77. The lowest BCUT2D eigenvalue weighted by atomic mass is 10.1. The summed E-state index contributed by atoms with van der Waals surface area (Å²) in [6.45, 7) is 10.4. The molecule has 0 aromatic carbocycles. The molecule has 9 heavy (non-hydrogen) atoms. The summed E-state index contributed by atoms with van der Waals surface area (Å²) in [4.78, 5) is 0. The highest BCUT2D eigenvalue weighted by atomic mass is 14.8. The second-order valence-corrected chi connectivity index (χ2v) is 2.79. The summed E-state index contributed by atoms with van der Waals surface area (Å²) < 4.78 is 0. The van der Waals surface area contributed by atoms with Crippen LogP contribution in [-0.4, -0.2) is 13.1 Å². The van der Waals surface area contributed by atoms with E-state index in [1.165, 1.54) is 6.42 Å². The Kier molecular flexibility index (Phi) is 6.06. The first-order chi connectivity index (χ1) is 4.27. The fourth-order valence-electron chi connectivity index (χ4n) is 0.641. The van der Waals surface area contributed by atoms with Crippen molar-refractivity contribution in [2.45, 2.75) is 26.7 Å². The smallest absolute Gasteiger partial charge is 0.00465 e. The predicted octanol–water partition coefficient (Wildman–Crippen LogP) is 1.85. The zero-order chi connectivity index (χ0) is 7.11.